The van der Waals surface area contributed by atoms with Gasteiger partial charge in [-0.1, -0.05) is 43.1 Å². The Hall–Kier alpha value is -0.710. The van der Waals surface area contributed by atoms with Crippen LogP contribution in [-0.4, -0.2) is 0 Å². The monoisotopic (exact) mass is 267 g/mol. The minimum Gasteiger partial charge on any atom is -0.197 e. The lowest BCUT2D eigenvalue weighted by Gasteiger charge is -2.45. The summed E-state index contributed by atoms with van der Waals surface area (Å²) in [6, 6.07) is 7.87. The van der Waals surface area contributed by atoms with E-state index in [-0.39, 0.29) is 0 Å². The Morgan fingerprint density at radius 2 is 2.00 bits per heavy atom. The Bertz CT molecular complexity index is 468. The lowest BCUT2D eigenvalue weighted by Crippen LogP contribution is -2.42. The minimum atomic E-state index is -0.392. The molecule has 90 valence electrons. The zero-order valence-corrected chi connectivity index (χ0v) is 11.5. The van der Waals surface area contributed by atoms with Crippen LogP contribution in [0.3, 0.4) is 0 Å². The molecular formula is C14H15Cl2N. The van der Waals surface area contributed by atoms with E-state index in [4.69, 9.17) is 23.2 Å². The predicted octanol–water partition coefficient (Wildman–Crippen LogP) is 4.82. The molecule has 2 rings (SSSR count). The third-order valence-corrected chi connectivity index (χ3v) is 4.37. The van der Waals surface area contributed by atoms with Crippen molar-refractivity contribution in [2.75, 3.05) is 0 Å². The third kappa shape index (κ3) is 2.17. The summed E-state index contributed by atoms with van der Waals surface area (Å²) in [5, 5.41) is 10.7. The fourth-order valence-corrected chi connectivity index (χ4v) is 3.15. The maximum Gasteiger partial charge on any atom is 0.0842 e. The molecule has 0 unspecified atom stereocenters. The molecule has 0 saturated heterocycles. The van der Waals surface area contributed by atoms with Crippen molar-refractivity contribution in [2.24, 2.45) is 11.8 Å². The summed E-state index contributed by atoms with van der Waals surface area (Å²) in [5.74, 6) is 1.25. The van der Waals surface area contributed by atoms with E-state index < -0.39 is 5.41 Å². The first-order chi connectivity index (χ1) is 7.98. The van der Waals surface area contributed by atoms with Crippen molar-refractivity contribution < 1.29 is 0 Å². The van der Waals surface area contributed by atoms with Gasteiger partial charge in [0.25, 0.3) is 0 Å². The summed E-state index contributed by atoms with van der Waals surface area (Å²) in [6.07, 6.45) is 1.81. The second kappa shape index (κ2) is 4.52. The molecule has 0 aromatic heterocycles. The maximum absolute atomic E-state index is 9.44. The maximum atomic E-state index is 9.44. The van der Waals surface area contributed by atoms with Crippen LogP contribution in [0.4, 0.5) is 0 Å². The molecule has 0 radical (unpaired) electrons. The fourth-order valence-electron chi connectivity index (χ4n) is 2.56. The average Bonchev–Trinajstić information content (AvgIpc) is 2.19. The molecule has 1 aliphatic rings. The largest absolute Gasteiger partial charge is 0.197 e. The molecule has 1 saturated carbocycles. The van der Waals surface area contributed by atoms with Crippen LogP contribution in [0.1, 0.15) is 32.3 Å². The van der Waals surface area contributed by atoms with Gasteiger partial charge in [-0.3, -0.25) is 0 Å². The molecule has 0 aliphatic heterocycles. The second-order valence-electron chi connectivity index (χ2n) is 5.23. The van der Waals surface area contributed by atoms with Gasteiger partial charge in [0.15, 0.2) is 0 Å². The van der Waals surface area contributed by atoms with E-state index in [1.165, 1.54) is 0 Å². The van der Waals surface area contributed by atoms with Crippen LogP contribution in [0.15, 0.2) is 18.2 Å². The molecule has 0 spiro atoms. The van der Waals surface area contributed by atoms with Gasteiger partial charge >= 0.3 is 0 Å². The number of hydrogen-bond donors (Lipinski definition) is 0. The zero-order chi connectivity index (χ0) is 12.6. The van der Waals surface area contributed by atoms with Gasteiger partial charge in [-0.05, 0) is 42.4 Å². The average molecular weight is 268 g/mol. The molecule has 0 heterocycles. The molecular weight excluding hydrogens is 253 g/mol. The van der Waals surface area contributed by atoms with Crippen LogP contribution in [0.2, 0.25) is 10.0 Å². The van der Waals surface area contributed by atoms with Gasteiger partial charge < -0.3 is 0 Å². The summed E-state index contributed by atoms with van der Waals surface area (Å²) >= 11 is 12.1. The van der Waals surface area contributed by atoms with Crippen LogP contribution in [0.25, 0.3) is 0 Å². The number of hydrogen-bond acceptors (Lipinski definition) is 1. The molecule has 1 fully saturated rings. The summed E-state index contributed by atoms with van der Waals surface area (Å²) in [5.41, 5.74) is 0.541. The first kappa shape index (κ1) is 12.7. The van der Waals surface area contributed by atoms with Gasteiger partial charge in [-0.25, -0.2) is 0 Å². The van der Waals surface area contributed by atoms with Crippen LogP contribution in [-0.2, 0) is 5.41 Å². The van der Waals surface area contributed by atoms with Crippen molar-refractivity contribution in [3.05, 3.63) is 33.8 Å². The van der Waals surface area contributed by atoms with Crippen molar-refractivity contribution in [2.45, 2.75) is 32.1 Å². The first-order valence-electron chi connectivity index (χ1n) is 5.85. The van der Waals surface area contributed by atoms with Gasteiger partial charge in [-0.15, -0.1) is 0 Å². The molecule has 0 atom stereocenters. The van der Waals surface area contributed by atoms with E-state index in [0.717, 1.165) is 18.4 Å². The lowest BCUT2D eigenvalue weighted by molar-refractivity contribution is 0.145. The van der Waals surface area contributed by atoms with Gasteiger partial charge in [0.1, 0.15) is 0 Å². The molecule has 3 heteroatoms. The van der Waals surface area contributed by atoms with Crippen molar-refractivity contribution in [3.63, 3.8) is 0 Å². The van der Waals surface area contributed by atoms with E-state index in [0.29, 0.717) is 21.9 Å². The smallest absolute Gasteiger partial charge is 0.0842 e. The SMILES string of the molecule is CC(C)C1CC(C#N)(c2ccc(Cl)cc2Cl)C1. The number of rotatable bonds is 2. The van der Waals surface area contributed by atoms with E-state index in [1.54, 1.807) is 6.07 Å². The Morgan fingerprint density at radius 1 is 1.35 bits per heavy atom. The summed E-state index contributed by atoms with van der Waals surface area (Å²) in [6.45, 7) is 4.41. The van der Waals surface area contributed by atoms with Crippen LogP contribution < -0.4 is 0 Å². The van der Waals surface area contributed by atoms with Gasteiger partial charge in [0, 0.05) is 10.0 Å². The summed E-state index contributed by atoms with van der Waals surface area (Å²) in [4.78, 5) is 0. The zero-order valence-electron chi connectivity index (χ0n) is 10.0. The minimum absolute atomic E-state index is 0.392. The highest BCUT2D eigenvalue weighted by Gasteiger charge is 2.47. The number of halogens is 2. The lowest BCUT2D eigenvalue weighted by atomic mass is 9.56. The van der Waals surface area contributed by atoms with Gasteiger partial charge in [0.2, 0.25) is 0 Å². The highest BCUT2D eigenvalue weighted by Crippen LogP contribution is 2.52. The molecule has 17 heavy (non-hydrogen) atoms. The number of benzene rings is 1. The molecule has 1 aromatic carbocycles. The van der Waals surface area contributed by atoms with Crippen molar-refractivity contribution in [1.29, 1.82) is 5.26 Å². The van der Waals surface area contributed by atoms with Crippen LogP contribution in [0.5, 0.6) is 0 Å². The quantitative estimate of drug-likeness (QED) is 0.754. The number of nitriles is 1. The Balaban J connectivity index is 2.30. The Morgan fingerprint density at radius 3 is 2.47 bits per heavy atom. The van der Waals surface area contributed by atoms with E-state index in [2.05, 4.69) is 19.9 Å². The highest BCUT2D eigenvalue weighted by atomic mass is 35.5. The second-order valence-corrected chi connectivity index (χ2v) is 6.07. The molecule has 1 aromatic rings. The summed E-state index contributed by atoms with van der Waals surface area (Å²) < 4.78 is 0. The Labute approximate surface area is 112 Å². The molecule has 0 bridgehead atoms. The normalized spacial score (nSPS) is 27.6. The molecule has 1 nitrogen and oxygen atoms in total. The standard InChI is InChI=1S/C14H15Cl2N/c1-9(2)10-6-14(7-10,8-17)12-4-3-11(15)5-13(12)16/h3-5,9-10H,6-7H2,1-2H3. The van der Waals surface area contributed by atoms with E-state index in [1.807, 2.05) is 12.1 Å². The fraction of sp³-hybridized carbons (Fsp3) is 0.500. The predicted molar refractivity (Wildman–Crippen MR) is 71.3 cm³/mol. The van der Waals surface area contributed by atoms with Crippen molar-refractivity contribution in [1.82, 2.24) is 0 Å². The van der Waals surface area contributed by atoms with Crippen molar-refractivity contribution >= 4 is 23.2 Å². The van der Waals surface area contributed by atoms with Crippen LogP contribution >= 0.6 is 23.2 Å². The topological polar surface area (TPSA) is 23.8 Å². The Kier molecular flexibility index (Phi) is 3.39. The number of nitrogens with zero attached hydrogens (tertiary/aromatic N) is 1. The molecule has 1 aliphatic carbocycles. The molecule has 0 N–H and O–H groups in total. The third-order valence-electron chi connectivity index (χ3n) is 3.82. The van der Waals surface area contributed by atoms with Gasteiger partial charge in [0.05, 0.1) is 11.5 Å². The highest BCUT2D eigenvalue weighted by molar-refractivity contribution is 6.35. The van der Waals surface area contributed by atoms with E-state index >= 15 is 0 Å². The van der Waals surface area contributed by atoms with Crippen LogP contribution in [0, 0.1) is 23.2 Å². The van der Waals surface area contributed by atoms with Gasteiger partial charge in [-0.2, -0.15) is 5.26 Å². The van der Waals surface area contributed by atoms with Crippen molar-refractivity contribution in [3.8, 4) is 6.07 Å². The molecule has 0 amide bonds. The first-order valence-corrected chi connectivity index (χ1v) is 6.61. The van der Waals surface area contributed by atoms with E-state index in [9.17, 15) is 5.26 Å². The summed E-state index contributed by atoms with van der Waals surface area (Å²) in [7, 11) is 0.